The third kappa shape index (κ3) is 4.04. The Hall–Kier alpha value is -2.80. The highest BCUT2D eigenvalue weighted by Gasteiger charge is 2.25. The minimum absolute atomic E-state index is 0.0862. The zero-order valence-corrected chi connectivity index (χ0v) is 16.2. The SMILES string of the molecule is Cc1nc2ccccc2n1CCNC(=O)NCC(c1ccco1)N1CCCC1. The van der Waals surface area contributed by atoms with Crippen molar-refractivity contribution in [2.24, 2.45) is 0 Å². The molecule has 1 aliphatic rings. The second-order valence-corrected chi connectivity index (χ2v) is 7.21. The molecule has 0 saturated carbocycles. The molecule has 0 bridgehead atoms. The number of carbonyl (C=O) groups is 1. The van der Waals surface area contributed by atoms with Crippen LogP contribution < -0.4 is 10.6 Å². The van der Waals surface area contributed by atoms with Gasteiger partial charge in [-0.15, -0.1) is 0 Å². The molecule has 2 N–H and O–H groups in total. The van der Waals surface area contributed by atoms with Crippen LogP contribution in [0.25, 0.3) is 11.0 Å². The largest absolute Gasteiger partial charge is 0.468 e. The first-order chi connectivity index (χ1) is 13.7. The van der Waals surface area contributed by atoms with Crippen molar-refractivity contribution in [2.75, 3.05) is 26.2 Å². The smallest absolute Gasteiger partial charge is 0.314 e. The third-order valence-corrected chi connectivity index (χ3v) is 5.38. The molecule has 7 nitrogen and oxygen atoms in total. The van der Waals surface area contributed by atoms with Crippen molar-refractivity contribution in [2.45, 2.75) is 32.4 Å². The van der Waals surface area contributed by atoms with Crippen molar-refractivity contribution in [3.8, 4) is 0 Å². The summed E-state index contributed by atoms with van der Waals surface area (Å²) in [4.78, 5) is 19.2. The molecule has 3 heterocycles. The number of hydrogen-bond acceptors (Lipinski definition) is 4. The molecule has 1 aromatic carbocycles. The van der Waals surface area contributed by atoms with Gasteiger partial charge in [-0.25, -0.2) is 9.78 Å². The second kappa shape index (κ2) is 8.48. The number of aryl methyl sites for hydroxylation is 1. The van der Waals surface area contributed by atoms with E-state index < -0.39 is 0 Å². The molecular weight excluding hydrogens is 354 g/mol. The fourth-order valence-corrected chi connectivity index (χ4v) is 3.96. The Bertz CT molecular complexity index is 912. The first-order valence-corrected chi connectivity index (χ1v) is 9.93. The predicted octanol–water partition coefficient (Wildman–Crippen LogP) is 3.07. The number of imidazole rings is 1. The van der Waals surface area contributed by atoms with Crippen LogP contribution in [0.5, 0.6) is 0 Å². The molecule has 1 unspecified atom stereocenters. The standard InChI is InChI=1S/C21H27N5O2/c1-16-24-17-7-2-3-8-18(17)26(16)13-10-22-21(27)23-15-19(20-9-6-14-28-20)25-11-4-5-12-25/h2-3,6-9,14,19H,4-5,10-13,15H2,1H3,(H2,22,23,27). The van der Waals surface area contributed by atoms with Gasteiger partial charge >= 0.3 is 6.03 Å². The van der Waals surface area contributed by atoms with Gasteiger partial charge < -0.3 is 19.6 Å². The maximum atomic E-state index is 12.3. The molecular formula is C21H27N5O2. The first kappa shape index (κ1) is 18.6. The summed E-state index contributed by atoms with van der Waals surface area (Å²) in [5.41, 5.74) is 2.07. The number of hydrogen-bond donors (Lipinski definition) is 2. The molecule has 1 saturated heterocycles. The fourth-order valence-electron chi connectivity index (χ4n) is 3.96. The van der Waals surface area contributed by atoms with Crippen LogP contribution in [0.2, 0.25) is 0 Å². The Morgan fingerprint density at radius 2 is 2.00 bits per heavy atom. The lowest BCUT2D eigenvalue weighted by molar-refractivity contribution is 0.203. The Balaban J connectivity index is 1.29. The molecule has 2 amide bonds. The number of nitrogens with zero attached hydrogens (tertiary/aromatic N) is 3. The molecule has 1 aliphatic heterocycles. The Morgan fingerprint density at radius 1 is 1.18 bits per heavy atom. The van der Waals surface area contributed by atoms with Crippen molar-refractivity contribution in [1.82, 2.24) is 25.1 Å². The average molecular weight is 381 g/mol. The number of aromatic nitrogens is 2. The first-order valence-electron chi connectivity index (χ1n) is 9.93. The molecule has 1 atom stereocenters. The van der Waals surface area contributed by atoms with E-state index in [2.05, 4.69) is 31.2 Å². The predicted molar refractivity (Wildman–Crippen MR) is 108 cm³/mol. The van der Waals surface area contributed by atoms with Crippen LogP contribution in [0.1, 0.15) is 30.5 Å². The van der Waals surface area contributed by atoms with Crippen molar-refractivity contribution in [1.29, 1.82) is 0 Å². The number of carbonyl (C=O) groups excluding carboxylic acids is 1. The number of rotatable bonds is 7. The lowest BCUT2D eigenvalue weighted by Crippen LogP contribution is -2.42. The molecule has 4 rings (SSSR count). The highest BCUT2D eigenvalue weighted by Crippen LogP contribution is 2.24. The van der Waals surface area contributed by atoms with Crippen molar-refractivity contribution >= 4 is 17.1 Å². The van der Waals surface area contributed by atoms with Gasteiger partial charge in [0.05, 0.1) is 23.3 Å². The normalized spacial score (nSPS) is 15.8. The van der Waals surface area contributed by atoms with Gasteiger partial charge in [0.2, 0.25) is 0 Å². The van der Waals surface area contributed by atoms with Gasteiger partial charge in [0.25, 0.3) is 0 Å². The van der Waals surface area contributed by atoms with E-state index in [1.807, 2.05) is 37.3 Å². The quantitative estimate of drug-likeness (QED) is 0.660. The second-order valence-electron chi connectivity index (χ2n) is 7.21. The summed E-state index contributed by atoms with van der Waals surface area (Å²) in [6.45, 7) is 5.84. The summed E-state index contributed by atoms with van der Waals surface area (Å²) in [5, 5.41) is 5.96. The molecule has 0 aliphatic carbocycles. The van der Waals surface area contributed by atoms with Crippen LogP contribution in [-0.4, -0.2) is 46.7 Å². The lowest BCUT2D eigenvalue weighted by Gasteiger charge is -2.26. The number of furan rings is 1. The van der Waals surface area contributed by atoms with E-state index in [0.29, 0.717) is 19.6 Å². The van der Waals surface area contributed by atoms with Gasteiger partial charge in [0, 0.05) is 19.6 Å². The van der Waals surface area contributed by atoms with Gasteiger partial charge in [0.15, 0.2) is 0 Å². The Labute approximate surface area is 164 Å². The summed E-state index contributed by atoms with van der Waals surface area (Å²) in [5.74, 6) is 1.86. The summed E-state index contributed by atoms with van der Waals surface area (Å²) >= 11 is 0. The van der Waals surface area contributed by atoms with Crippen LogP contribution in [0.4, 0.5) is 4.79 Å². The highest BCUT2D eigenvalue weighted by atomic mass is 16.3. The van der Waals surface area contributed by atoms with E-state index in [-0.39, 0.29) is 12.1 Å². The third-order valence-electron chi connectivity index (χ3n) is 5.38. The average Bonchev–Trinajstić information content (AvgIpc) is 3.44. The number of nitrogens with one attached hydrogen (secondary N) is 2. The molecule has 0 spiro atoms. The van der Waals surface area contributed by atoms with E-state index in [1.165, 1.54) is 12.8 Å². The van der Waals surface area contributed by atoms with Gasteiger partial charge in [-0.2, -0.15) is 0 Å². The molecule has 0 radical (unpaired) electrons. The number of likely N-dealkylation sites (tertiary alicyclic amines) is 1. The Kier molecular flexibility index (Phi) is 5.62. The van der Waals surface area contributed by atoms with Crippen molar-refractivity contribution < 1.29 is 9.21 Å². The molecule has 3 aromatic rings. The van der Waals surface area contributed by atoms with Crippen LogP contribution in [-0.2, 0) is 6.54 Å². The number of fused-ring (bicyclic) bond motifs is 1. The number of para-hydroxylation sites is 2. The zero-order valence-electron chi connectivity index (χ0n) is 16.2. The van der Waals surface area contributed by atoms with E-state index in [0.717, 1.165) is 35.7 Å². The number of urea groups is 1. The lowest BCUT2D eigenvalue weighted by atomic mass is 10.2. The molecule has 7 heteroatoms. The van der Waals surface area contributed by atoms with E-state index in [4.69, 9.17) is 4.42 Å². The van der Waals surface area contributed by atoms with Crippen LogP contribution in [0.15, 0.2) is 47.1 Å². The number of amides is 2. The molecule has 148 valence electrons. The molecule has 2 aromatic heterocycles. The van der Waals surface area contributed by atoms with Gasteiger partial charge in [0.1, 0.15) is 11.6 Å². The van der Waals surface area contributed by atoms with E-state index in [9.17, 15) is 4.79 Å². The van der Waals surface area contributed by atoms with Gasteiger partial charge in [-0.1, -0.05) is 12.1 Å². The summed E-state index contributed by atoms with van der Waals surface area (Å²) in [6, 6.07) is 11.9. The molecule has 1 fully saturated rings. The summed E-state index contributed by atoms with van der Waals surface area (Å²) in [6.07, 6.45) is 4.08. The summed E-state index contributed by atoms with van der Waals surface area (Å²) in [7, 11) is 0. The maximum Gasteiger partial charge on any atom is 0.314 e. The Morgan fingerprint density at radius 3 is 2.79 bits per heavy atom. The minimum Gasteiger partial charge on any atom is -0.468 e. The maximum absolute atomic E-state index is 12.3. The van der Waals surface area contributed by atoms with E-state index >= 15 is 0 Å². The zero-order chi connectivity index (χ0) is 19.3. The van der Waals surface area contributed by atoms with Crippen LogP contribution >= 0.6 is 0 Å². The fraction of sp³-hybridized carbons (Fsp3) is 0.429. The number of benzene rings is 1. The van der Waals surface area contributed by atoms with Crippen molar-refractivity contribution in [3.63, 3.8) is 0 Å². The van der Waals surface area contributed by atoms with Gasteiger partial charge in [-0.3, -0.25) is 4.90 Å². The minimum atomic E-state index is -0.155. The van der Waals surface area contributed by atoms with E-state index in [1.54, 1.807) is 6.26 Å². The van der Waals surface area contributed by atoms with Crippen LogP contribution in [0.3, 0.4) is 0 Å². The topological polar surface area (TPSA) is 75.3 Å². The van der Waals surface area contributed by atoms with Crippen molar-refractivity contribution in [3.05, 3.63) is 54.2 Å². The van der Waals surface area contributed by atoms with Gasteiger partial charge in [-0.05, 0) is 57.1 Å². The summed E-state index contributed by atoms with van der Waals surface area (Å²) < 4.78 is 7.73. The monoisotopic (exact) mass is 381 g/mol. The molecule has 28 heavy (non-hydrogen) atoms. The highest BCUT2D eigenvalue weighted by molar-refractivity contribution is 5.76. The van der Waals surface area contributed by atoms with Crippen LogP contribution in [0, 0.1) is 6.92 Å².